The molecule has 0 radical (unpaired) electrons. The second kappa shape index (κ2) is 6.33. The van der Waals surface area contributed by atoms with Crippen LogP contribution in [-0.2, 0) is 10.0 Å². The summed E-state index contributed by atoms with van der Waals surface area (Å²) in [6, 6.07) is 0.448. The van der Waals surface area contributed by atoms with E-state index in [1.165, 1.54) is 0 Å². The predicted octanol–water partition coefficient (Wildman–Crippen LogP) is 1.87. The number of hydrogen-bond donors (Lipinski definition) is 1. The van der Waals surface area contributed by atoms with Crippen molar-refractivity contribution in [3.63, 3.8) is 0 Å². The summed E-state index contributed by atoms with van der Waals surface area (Å²) in [5.41, 5.74) is 0. The topological polar surface area (TPSA) is 49.4 Å². The fourth-order valence-corrected chi connectivity index (χ4v) is 4.40. The average molecular weight is 322 g/mol. The number of sulfonamides is 1. The van der Waals surface area contributed by atoms with E-state index in [1.807, 2.05) is 0 Å². The lowest BCUT2D eigenvalue weighted by molar-refractivity contribution is 0.269. The highest BCUT2D eigenvalue weighted by Gasteiger charge is 2.35. The summed E-state index contributed by atoms with van der Waals surface area (Å²) in [5, 5.41) is 3.10. The second-order valence-electron chi connectivity index (χ2n) is 4.89. The highest BCUT2D eigenvalue weighted by atomic mass is 32.2. The van der Waals surface area contributed by atoms with Crippen molar-refractivity contribution in [2.45, 2.75) is 30.7 Å². The number of piperidine rings is 1. The third kappa shape index (κ3) is 3.22. The third-order valence-electron chi connectivity index (χ3n) is 3.56. The maximum Gasteiger partial charge on any atom is 0.249 e. The van der Waals surface area contributed by atoms with E-state index < -0.39 is 32.4 Å². The monoisotopic (exact) mass is 322 g/mol. The second-order valence-corrected chi connectivity index (χ2v) is 6.72. The number of nitrogens with zero attached hydrogens (tertiary/aromatic N) is 1. The van der Waals surface area contributed by atoms with Crippen molar-refractivity contribution in [3.05, 3.63) is 29.6 Å². The molecule has 21 heavy (non-hydrogen) atoms. The molecule has 0 unspecified atom stereocenters. The molecule has 1 aromatic rings. The van der Waals surface area contributed by atoms with E-state index in [-0.39, 0.29) is 12.6 Å². The van der Waals surface area contributed by atoms with E-state index in [0.29, 0.717) is 38.1 Å². The van der Waals surface area contributed by atoms with Crippen molar-refractivity contribution in [2.75, 3.05) is 19.6 Å². The van der Waals surface area contributed by atoms with Gasteiger partial charge >= 0.3 is 0 Å². The summed E-state index contributed by atoms with van der Waals surface area (Å²) < 4.78 is 66.6. The predicted molar refractivity (Wildman–Crippen MR) is 71.8 cm³/mol. The van der Waals surface area contributed by atoms with Gasteiger partial charge in [-0.1, -0.05) is 6.92 Å². The Kier molecular flexibility index (Phi) is 4.90. The van der Waals surface area contributed by atoms with Gasteiger partial charge < -0.3 is 5.32 Å². The first-order valence-electron chi connectivity index (χ1n) is 6.75. The summed E-state index contributed by atoms with van der Waals surface area (Å²) >= 11 is 0. The third-order valence-corrected chi connectivity index (χ3v) is 5.64. The van der Waals surface area contributed by atoms with Gasteiger partial charge in [-0.2, -0.15) is 4.31 Å². The first-order chi connectivity index (χ1) is 9.87. The first kappa shape index (κ1) is 16.3. The van der Waals surface area contributed by atoms with Gasteiger partial charge in [0.25, 0.3) is 0 Å². The van der Waals surface area contributed by atoms with E-state index >= 15 is 0 Å². The molecule has 4 nitrogen and oxygen atoms in total. The van der Waals surface area contributed by atoms with Crippen molar-refractivity contribution in [3.8, 4) is 0 Å². The average Bonchev–Trinajstić information content (AvgIpc) is 2.38. The van der Waals surface area contributed by atoms with Crippen molar-refractivity contribution in [1.82, 2.24) is 9.62 Å². The normalized spacial score (nSPS) is 17.4. The van der Waals surface area contributed by atoms with Crippen LogP contribution in [0.4, 0.5) is 13.2 Å². The van der Waals surface area contributed by atoms with Crippen LogP contribution < -0.4 is 5.32 Å². The molecule has 1 aliphatic heterocycles. The molecule has 0 amide bonds. The minimum absolute atomic E-state index is 0.100. The maximum atomic E-state index is 13.8. The summed E-state index contributed by atoms with van der Waals surface area (Å²) in [4.78, 5) is -1.08. The lowest BCUT2D eigenvalue weighted by Crippen LogP contribution is -2.46. The van der Waals surface area contributed by atoms with Crippen LogP contribution in [0.3, 0.4) is 0 Å². The Morgan fingerprint density at radius 1 is 1.19 bits per heavy atom. The van der Waals surface area contributed by atoms with Crippen LogP contribution in [0.5, 0.6) is 0 Å². The van der Waals surface area contributed by atoms with Crippen LogP contribution in [0.25, 0.3) is 0 Å². The Morgan fingerprint density at radius 3 is 2.19 bits per heavy atom. The molecule has 0 atom stereocenters. The number of benzene rings is 1. The molecule has 0 spiro atoms. The molecule has 1 heterocycles. The molecule has 118 valence electrons. The Bertz CT molecular complexity index is 593. The summed E-state index contributed by atoms with van der Waals surface area (Å²) in [7, 11) is -4.34. The first-order valence-corrected chi connectivity index (χ1v) is 8.19. The molecule has 0 aromatic heterocycles. The number of hydrogen-bond acceptors (Lipinski definition) is 3. The van der Waals surface area contributed by atoms with Crippen LogP contribution in [0.2, 0.25) is 0 Å². The number of halogens is 3. The fraction of sp³-hybridized carbons (Fsp3) is 0.538. The van der Waals surface area contributed by atoms with E-state index in [9.17, 15) is 21.6 Å². The quantitative estimate of drug-likeness (QED) is 0.921. The molecule has 1 aromatic carbocycles. The van der Waals surface area contributed by atoms with Crippen molar-refractivity contribution < 1.29 is 21.6 Å². The molecular weight excluding hydrogens is 305 g/mol. The van der Waals surface area contributed by atoms with Crippen molar-refractivity contribution in [2.24, 2.45) is 0 Å². The summed E-state index contributed by atoms with van der Waals surface area (Å²) in [6.07, 6.45) is 1.13. The zero-order chi connectivity index (χ0) is 15.6. The maximum absolute atomic E-state index is 13.8. The van der Waals surface area contributed by atoms with Gasteiger partial charge in [-0.3, -0.25) is 0 Å². The minimum atomic E-state index is -4.34. The fourth-order valence-electron chi connectivity index (χ4n) is 2.61. The molecule has 1 saturated heterocycles. The van der Waals surface area contributed by atoms with Crippen LogP contribution in [0.15, 0.2) is 17.0 Å². The summed E-state index contributed by atoms with van der Waals surface area (Å²) in [5.74, 6) is -3.95. The van der Waals surface area contributed by atoms with Gasteiger partial charge in [0.1, 0.15) is 17.5 Å². The lowest BCUT2D eigenvalue weighted by atomic mass is 10.1. The molecular formula is C13H17F3N2O2S. The highest BCUT2D eigenvalue weighted by molar-refractivity contribution is 7.89. The van der Waals surface area contributed by atoms with Gasteiger partial charge in [0.2, 0.25) is 10.0 Å². The Morgan fingerprint density at radius 2 is 1.71 bits per heavy atom. The number of rotatable bonds is 4. The Balaban J connectivity index is 2.44. The standard InChI is InChI=1S/C13H17F3N2O2S/c1-2-18(10-3-5-17-6-4-10)21(19,20)13-11(15)7-9(14)8-12(13)16/h7-8,10,17H,2-6H2,1H3. The molecule has 8 heteroatoms. The number of nitrogens with one attached hydrogen (secondary N) is 1. The molecule has 0 aliphatic carbocycles. The van der Waals surface area contributed by atoms with Gasteiger partial charge in [0, 0.05) is 24.7 Å². The smallest absolute Gasteiger partial charge is 0.249 e. The largest absolute Gasteiger partial charge is 0.317 e. The van der Waals surface area contributed by atoms with Gasteiger partial charge in [0.05, 0.1) is 0 Å². The molecule has 1 fully saturated rings. The molecule has 1 aliphatic rings. The molecule has 0 bridgehead atoms. The van der Waals surface area contributed by atoms with Gasteiger partial charge in [-0.15, -0.1) is 0 Å². The van der Waals surface area contributed by atoms with Crippen LogP contribution in [-0.4, -0.2) is 38.4 Å². The van der Waals surface area contributed by atoms with Crippen molar-refractivity contribution >= 4 is 10.0 Å². The Hall–Kier alpha value is -1.12. The van der Waals surface area contributed by atoms with Crippen LogP contribution in [0, 0.1) is 17.5 Å². The lowest BCUT2D eigenvalue weighted by Gasteiger charge is -2.33. The zero-order valence-electron chi connectivity index (χ0n) is 11.6. The SMILES string of the molecule is CCN(C1CCNCC1)S(=O)(=O)c1c(F)cc(F)cc1F. The molecule has 2 rings (SSSR count). The zero-order valence-corrected chi connectivity index (χ0v) is 12.4. The highest BCUT2D eigenvalue weighted by Crippen LogP contribution is 2.27. The Labute approximate surface area is 122 Å². The van der Waals surface area contributed by atoms with Crippen LogP contribution in [0.1, 0.15) is 19.8 Å². The van der Waals surface area contributed by atoms with Gasteiger partial charge in [-0.05, 0) is 25.9 Å². The van der Waals surface area contributed by atoms with Gasteiger partial charge in [-0.25, -0.2) is 21.6 Å². The van der Waals surface area contributed by atoms with E-state index in [1.54, 1.807) is 6.92 Å². The van der Waals surface area contributed by atoms with Crippen molar-refractivity contribution in [1.29, 1.82) is 0 Å². The molecule has 0 saturated carbocycles. The van der Waals surface area contributed by atoms with E-state index in [4.69, 9.17) is 0 Å². The van der Waals surface area contributed by atoms with E-state index in [2.05, 4.69) is 5.32 Å². The minimum Gasteiger partial charge on any atom is -0.317 e. The summed E-state index contributed by atoms with van der Waals surface area (Å²) in [6.45, 7) is 3.00. The van der Waals surface area contributed by atoms with E-state index in [0.717, 1.165) is 4.31 Å². The molecule has 1 N–H and O–H groups in total. The van der Waals surface area contributed by atoms with Gasteiger partial charge in [0.15, 0.2) is 4.90 Å². The van der Waals surface area contributed by atoms with Crippen LogP contribution >= 0.6 is 0 Å².